The molecule has 138 valence electrons. The standard InChI is InChI=1S/C21H23N5O/c1-16-15-22-9-8-20(16)25-10-5-11-26(13-12-25)21(27)19-14-18(23-24-19)17-6-3-2-4-7-17/h2-4,6-9,14-15H,5,10-13H2,1H3,(H,23,24). The molecule has 3 aromatic rings. The van der Waals surface area contributed by atoms with Crippen molar-refractivity contribution in [2.75, 3.05) is 31.1 Å². The van der Waals surface area contributed by atoms with Crippen LogP contribution in [0.5, 0.6) is 0 Å². The van der Waals surface area contributed by atoms with Gasteiger partial charge in [0.1, 0.15) is 5.69 Å². The summed E-state index contributed by atoms with van der Waals surface area (Å²) in [4.78, 5) is 21.4. The van der Waals surface area contributed by atoms with E-state index in [1.54, 1.807) is 0 Å². The molecule has 27 heavy (non-hydrogen) atoms. The van der Waals surface area contributed by atoms with Crippen molar-refractivity contribution < 1.29 is 4.79 Å². The monoisotopic (exact) mass is 361 g/mol. The number of aromatic nitrogens is 3. The molecule has 6 nitrogen and oxygen atoms in total. The van der Waals surface area contributed by atoms with Crippen LogP contribution >= 0.6 is 0 Å². The number of aryl methyl sites for hydroxylation is 1. The van der Waals surface area contributed by atoms with Crippen molar-refractivity contribution in [1.29, 1.82) is 0 Å². The van der Waals surface area contributed by atoms with Crippen LogP contribution in [0.3, 0.4) is 0 Å². The summed E-state index contributed by atoms with van der Waals surface area (Å²) in [6.45, 7) is 5.27. The number of aromatic amines is 1. The number of amides is 1. The number of carbonyl (C=O) groups is 1. The number of carbonyl (C=O) groups excluding carboxylic acids is 1. The van der Waals surface area contributed by atoms with E-state index in [-0.39, 0.29) is 5.91 Å². The third-order valence-corrected chi connectivity index (χ3v) is 4.99. The van der Waals surface area contributed by atoms with Gasteiger partial charge in [0.15, 0.2) is 0 Å². The highest BCUT2D eigenvalue weighted by atomic mass is 16.2. The Morgan fingerprint density at radius 1 is 1.07 bits per heavy atom. The molecule has 0 aliphatic carbocycles. The zero-order valence-electron chi connectivity index (χ0n) is 15.4. The molecule has 1 aromatic carbocycles. The lowest BCUT2D eigenvalue weighted by molar-refractivity contribution is 0.0761. The average Bonchev–Trinajstić information content (AvgIpc) is 3.07. The molecule has 1 fully saturated rings. The van der Waals surface area contributed by atoms with E-state index in [0.717, 1.165) is 37.3 Å². The van der Waals surface area contributed by atoms with Gasteiger partial charge in [-0.1, -0.05) is 30.3 Å². The summed E-state index contributed by atoms with van der Waals surface area (Å²) in [7, 11) is 0. The number of pyridine rings is 1. The van der Waals surface area contributed by atoms with Crippen molar-refractivity contribution in [1.82, 2.24) is 20.1 Å². The molecule has 1 N–H and O–H groups in total. The Balaban J connectivity index is 1.46. The van der Waals surface area contributed by atoms with E-state index in [1.165, 1.54) is 11.3 Å². The second-order valence-electron chi connectivity index (χ2n) is 6.83. The number of nitrogens with zero attached hydrogens (tertiary/aromatic N) is 4. The van der Waals surface area contributed by atoms with Gasteiger partial charge in [0, 0.05) is 49.8 Å². The van der Waals surface area contributed by atoms with Gasteiger partial charge in [-0.3, -0.25) is 14.9 Å². The number of benzene rings is 1. The van der Waals surface area contributed by atoms with Gasteiger partial charge in [-0.15, -0.1) is 0 Å². The fraction of sp³-hybridized carbons (Fsp3) is 0.286. The Kier molecular flexibility index (Phi) is 4.87. The molecule has 3 heterocycles. The Morgan fingerprint density at radius 3 is 2.74 bits per heavy atom. The molecule has 0 spiro atoms. The van der Waals surface area contributed by atoms with Gasteiger partial charge in [-0.25, -0.2) is 0 Å². The lowest BCUT2D eigenvalue weighted by atomic mass is 10.1. The number of rotatable bonds is 3. The molecule has 1 aliphatic heterocycles. The predicted molar refractivity (Wildman–Crippen MR) is 106 cm³/mol. The fourth-order valence-electron chi connectivity index (χ4n) is 3.54. The van der Waals surface area contributed by atoms with Crippen LogP contribution in [0.25, 0.3) is 11.3 Å². The van der Waals surface area contributed by atoms with Crippen LogP contribution in [0.2, 0.25) is 0 Å². The highest BCUT2D eigenvalue weighted by Gasteiger charge is 2.22. The van der Waals surface area contributed by atoms with Crippen molar-refractivity contribution >= 4 is 11.6 Å². The van der Waals surface area contributed by atoms with Crippen LogP contribution in [0.15, 0.2) is 54.9 Å². The van der Waals surface area contributed by atoms with Gasteiger partial charge in [0.05, 0.1) is 5.69 Å². The molecule has 6 heteroatoms. The van der Waals surface area contributed by atoms with Gasteiger partial charge in [-0.2, -0.15) is 5.10 Å². The number of anilines is 1. The summed E-state index contributed by atoms with van der Waals surface area (Å²) in [5.41, 5.74) is 4.71. The molecular weight excluding hydrogens is 338 g/mol. The highest BCUT2D eigenvalue weighted by Crippen LogP contribution is 2.21. The van der Waals surface area contributed by atoms with Crippen LogP contribution in [0.4, 0.5) is 5.69 Å². The first kappa shape index (κ1) is 17.3. The minimum atomic E-state index is 0.0120. The van der Waals surface area contributed by atoms with Crippen molar-refractivity contribution in [2.24, 2.45) is 0 Å². The van der Waals surface area contributed by atoms with Crippen LogP contribution in [0.1, 0.15) is 22.5 Å². The van der Waals surface area contributed by atoms with Crippen molar-refractivity contribution in [2.45, 2.75) is 13.3 Å². The van der Waals surface area contributed by atoms with E-state index < -0.39 is 0 Å². The van der Waals surface area contributed by atoms with E-state index >= 15 is 0 Å². The molecule has 1 amide bonds. The minimum absolute atomic E-state index is 0.0120. The van der Waals surface area contributed by atoms with Gasteiger partial charge in [0.25, 0.3) is 5.91 Å². The Labute approximate surface area is 158 Å². The molecule has 0 atom stereocenters. The second kappa shape index (κ2) is 7.61. The third-order valence-electron chi connectivity index (χ3n) is 4.99. The maximum absolute atomic E-state index is 12.9. The first-order chi connectivity index (χ1) is 13.2. The van der Waals surface area contributed by atoms with Gasteiger partial charge in [-0.05, 0) is 31.0 Å². The first-order valence-electron chi connectivity index (χ1n) is 9.28. The molecular formula is C21H23N5O. The predicted octanol–water partition coefficient (Wildman–Crippen LogP) is 3.13. The van der Waals surface area contributed by atoms with E-state index in [9.17, 15) is 4.79 Å². The lowest BCUT2D eigenvalue weighted by Crippen LogP contribution is -2.35. The molecule has 1 aliphatic rings. The van der Waals surface area contributed by atoms with Crippen LogP contribution < -0.4 is 4.90 Å². The van der Waals surface area contributed by atoms with E-state index in [1.807, 2.05) is 59.8 Å². The normalized spacial score (nSPS) is 14.9. The quantitative estimate of drug-likeness (QED) is 0.778. The summed E-state index contributed by atoms with van der Waals surface area (Å²) >= 11 is 0. The lowest BCUT2D eigenvalue weighted by Gasteiger charge is -2.24. The molecule has 1 saturated heterocycles. The number of hydrogen-bond donors (Lipinski definition) is 1. The Bertz CT molecular complexity index is 921. The smallest absolute Gasteiger partial charge is 0.271 e. The zero-order valence-corrected chi connectivity index (χ0v) is 15.4. The number of nitrogens with one attached hydrogen (secondary N) is 1. The summed E-state index contributed by atoms with van der Waals surface area (Å²) in [6.07, 6.45) is 4.65. The van der Waals surface area contributed by atoms with Crippen LogP contribution in [-0.4, -0.2) is 52.2 Å². The summed E-state index contributed by atoms with van der Waals surface area (Å²) < 4.78 is 0. The molecule has 0 unspecified atom stereocenters. The summed E-state index contributed by atoms with van der Waals surface area (Å²) in [5.74, 6) is 0.0120. The molecule has 0 saturated carbocycles. The number of H-pyrrole nitrogens is 1. The number of hydrogen-bond acceptors (Lipinski definition) is 4. The average molecular weight is 361 g/mol. The highest BCUT2D eigenvalue weighted by molar-refractivity contribution is 5.93. The van der Waals surface area contributed by atoms with Gasteiger partial charge >= 0.3 is 0 Å². The molecule has 2 aromatic heterocycles. The maximum Gasteiger partial charge on any atom is 0.271 e. The fourth-order valence-corrected chi connectivity index (χ4v) is 3.54. The van der Waals surface area contributed by atoms with E-state index in [4.69, 9.17) is 0 Å². The van der Waals surface area contributed by atoms with E-state index in [2.05, 4.69) is 27.0 Å². The summed E-state index contributed by atoms with van der Waals surface area (Å²) in [6, 6.07) is 13.8. The SMILES string of the molecule is Cc1cnccc1N1CCCN(C(=O)c2cc(-c3ccccc3)n[nH]2)CC1. The molecule has 0 bridgehead atoms. The van der Waals surface area contributed by atoms with Crippen molar-refractivity contribution in [3.63, 3.8) is 0 Å². The van der Waals surface area contributed by atoms with Crippen LogP contribution in [-0.2, 0) is 0 Å². The van der Waals surface area contributed by atoms with Gasteiger partial charge < -0.3 is 9.80 Å². The summed E-state index contributed by atoms with van der Waals surface area (Å²) in [5, 5.41) is 7.22. The second-order valence-corrected chi connectivity index (χ2v) is 6.83. The van der Waals surface area contributed by atoms with Crippen molar-refractivity contribution in [3.05, 3.63) is 66.1 Å². The van der Waals surface area contributed by atoms with Gasteiger partial charge in [0.2, 0.25) is 0 Å². The first-order valence-corrected chi connectivity index (χ1v) is 9.28. The minimum Gasteiger partial charge on any atom is -0.369 e. The Hall–Kier alpha value is -3.15. The molecule has 4 rings (SSSR count). The maximum atomic E-state index is 12.9. The van der Waals surface area contributed by atoms with E-state index in [0.29, 0.717) is 12.2 Å². The zero-order chi connectivity index (χ0) is 18.6. The van der Waals surface area contributed by atoms with Crippen LogP contribution in [0, 0.1) is 6.92 Å². The largest absolute Gasteiger partial charge is 0.369 e. The Morgan fingerprint density at radius 2 is 1.93 bits per heavy atom. The topological polar surface area (TPSA) is 65.1 Å². The third kappa shape index (κ3) is 3.69. The van der Waals surface area contributed by atoms with Crippen molar-refractivity contribution in [3.8, 4) is 11.3 Å². The molecule has 0 radical (unpaired) electrons.